The van der Waals surface area contributed by atoms with Gasteiger partial charge < -0.3 is 10.5 Å². The number of nitrogens with one attached hydrogen (secondary N) is 1. The molecule has 0 bridgehead atoms. The van der Waals surface area contributed by atoms with Crippen LogP contribution in [0, 0.1) is 0 Å². The van der Waals surface area contributed by atoms with E-state index in [0.29, 0.717) is 12.4 Å². The molecule has 0 saturated carbocycles. The Labute approximate surface area is 96.2 Å². The number of hydrogen-bond donors (Lipinski definition) is 3. The maximum atomic E-state index is 5.61. The van der Waals surface area contributed by atoms with Crippen LogP contribution >= 0.6 is 0 Å². The predicted octanol–water partition coefficient (Wildman–Crippen LogP) is 0.465. The standard InChI is InChI=1S/C11H20N4O/c1-2-16-6-4-10(15-13)7-9-3-5-14-11(12)8-9/h3,5,8,10,15H,2,4,6-7,13H2,1H3,(H2,12,14). The van der Waals surface area contributed by atoms with Gasteiger partial charge in [0.2, 0.25) is 0 Å². The Hall–Kier alpha value is -1.17. The van der Waals surface area contributed by atoms with Crippen LogP contribution in [0.3, 0.4) is 0 Å². The number of hydrazine groups is 1. The monoisotopic (exact) mass is 224 g/mol. The van der Waals surface area contributed by atoms with Crippen LogP contribution in [0.4, 0.5) is 5.82 Å². The quantitative estimate of drug-likeness (QED) is 0.356. The highest BCUT2D eigenvalue weighted by molar-refractivity contribution is 5.32. The third kappa shape index (κ3) is 4.57. The number of aromatic nitrogens is 1. The minimum absolute atomic E-state index is 0.202. The van der Waals surface area contributed by atoms with Gasteiger partial charge in [0, 0.05) is 25.5 Å². The molecule has 0 aliphatic rings. The maximum Gasteiger partial charge on any atom is 0.123 e. The molecule has 5 nitrogen and oxygen atoms in total. The summed E-state index contributed by atoms with van der Waals surface area (Å²) in [5.41, 5.74) is 9.53. The van der Waals surface area contributed by atoms with Crippen molar-refractivity contribution in [1.29, 1.82) is 0 Å². The zero-order valence-corrected chi connectivity index (χ0v) is 9.65. The van der Waals surface area contributed by atoms with Gasteiger partial charge in [-0.3, -0.25) is 11.3 Å². The van der Waals surface area contributed by atoms with Crippen LogP contribution in [0.15, 0.2) is 18.3 Å². The van der Waals surface area contributed by atoms with Crippen LogP contribution in [-0.4, -0.2) is 24.2 Å². The summed E-state index contributed by atoms with van der Waals surface area (Å²) in [4.78, 5) is 3.95. The molecule has 1 aromatic rings. The third-order valence-electron chi connectivity index (χ3n) is 2.38. The van der Waals surface area contributed by atoms with Gasteiger partial charge in [-0.15, -0.1) is 0 Å². The van der Waals surface area contributed by atoms with Crippen molar-refractivity contribution in [1.82, 2.24) is 10.4 Å². The van der Waals surface area contributed by atoms with Crippen LogP contribution in [-0.2, 0) is 11.2 Å². The lowest BCUT2D eigenvalue weighted by atomic mass is 10.1. The van der Waals surface area contributed by atoms with Crippen molar-refractivity contribution in [3.05, 3.63) is 23.9 Å². The molecule has 5 N–H and O–H groups in total. The van der Waals surface area contributed by atoms with Crippen LogP contribution < -0.4 is 17.0 Å². The summed E-state index contributed by atoms with van der Waals surface area (Å²) in [6, 6.07) is 4.01. The summed E-state index contributed by atoms with van der Waals surface area (Å²) in [7, 11) is 0. The molecule has 1 heterocycles. The Morgan fingerprint density at radius 2 is 2.38 bits per heavy atom. The second-order valence-electron chi connectivity index (χ2n) is 3.64. The molecule has 1 unspecified atom stereocenters. The van der Waals surface area contributed by atoms with E-state index < -0.39 is 0 Å². The van der Waals surface area contributed by atoms with Gasteiger partial charge in [0.25, 0.3) is 0 Å². The minimum Gasteiger partial charge on any atom is -0.384 e. The summed E-state index contributed by atoms with van der Waals surface area (Å²) in [6.07, 6.45) is 3.42. The predicted molar refractivity (Wildman–Crippen MR) is 64.6 cm³/mol. The summed E-state index contributed by atoms with van der Waals surface area (Å²) in [5.74, 6) is 6.03. The largest absolute Gasteiger partial charge is 0.384 e. The number of rotatable bonds is 7. The average Bonchev–Trinajstić information content (AvgIpc) is 2.28. The molecule has 16 heavy (non-hydrogen) atoms. The normalized spacial score (nSPS) is 12.6. The fourth-order valence-electron chi connectivity index (χ4n) is 1.52. The number of pyridine rings is 1. The van der Waals surface area contributed by atoms with Gasteiger partial charge in [-0.25, -0.2) is 4.98 Å². The van der Waals surface area contributed by atoms with E-state index in [4.69, 9.17) is 16.3 Å². The fourth-order valence-corrected chi connectivity index (χ4v) is 1.52. The van der Waals surface area contributed by atoms with Crippen LogP contribution in [0.1, 0.15) is 18.9 Å². The first-order valence-electron chi connectivity index (χ1n) is 5.50. The van der Waals surface area contributed by atoms with Crippen LogP contribution in [0.5, 0.6) is 0 Å². The topological polar surface area (TPSA) is 86.2 Å². The Bertz CT molecular complexity index is 306. The van der Waals surface area contributed by atoms with Crippen molar-refractivity contribution in [3.8, 4) is 0 Å². The molecule has 0 aliphatic heterocycles. The van der Waals surface area contributed by atoms with Crippen LogP contribution in [0.25, 0.3) is 0 Å². The summed E-state index contributed by atoms with van der Waals surface area (Å²) >= 11 is 0. The van der Waals surface area contributed by atoms with Gasteiger partial charge in [-0.05, 0) is 37.5 Å². The molecular formula is C11H20N4O. The van der Waals surface area contributed by atoms with Gasteiger partial charge in [-0.1, -0.05) is 0 Å². The van der Waals surface area contributed by atoms with E-state index in [-0.39, 0.29) is 6.04 Å². The highest BCUT2D eigenvalue weighted by Crippen LogP contribution is 2.07. The van der Waals surface area contributed by atoms with E-state index in [1.807, 2.05) is 19.1 Å². The van der Waals surface area contributed by atoms with Crippen molar-refractivity contribution in [3.63, 3.8) is 0 Å². The first kappa shape index (κ1) is 12.9. The number of nitrogens with two attached hydrogens (primary N) is 2. The molecule has 0 fully saturated rings. The number of hydrogen-bond acceptors (Lipinski definition) is 5. The second-order valence-corrected chi connectivity index (χ2v) is 3.64. The molecule has 0 saturated heterocycles. The van der Waals surface area contributed by atoms with E-state index in [2.05, 4.69) is 10.4 Å². The molecule has 1 aromatic heterocycles. The second kappa shape index (κ2) is 7.16. The molecule has 0 amide bonds. The molecule has 0 aliphatic carbocycles. The van der Waals surface area contributed by atoms with Gasteiger partial charge >= 0.3 is 0 Å². The number of ether oxygens (including phenoxy) is 1. The van der Waals surface area contributed by atoms with Crippen molar-refractivity contribution < 1.29 is 4.74 Å². The minimum atomic E-state index is 0.202. The lowest BCUT2D eigenvalue weighted by Crippen LogP contribution is -2.37. The smallest absolute Gasteiger partial charge is 0.123 e. The molecule has 90 valence electrons. The Balaban J connectivity index is 2.43. The molecular weight excluding hydrogens is 204 g/mol. The Kier molecular flexibility index (Phi) is 5.77. The van der Waals surface area contributed by atoms with E-state index in [0.717, 1.165) is 25.0 Å². The zero-order valence-electron chi connectivity index (χ0n) is 9.65. The molecule has 1 rings (SSSR count). The van der Waals surface area contributed by atoms with Gasteiger partial charge in [0.15, 0.2) is 0 Å². The number of anilines is 1. The highest BCUT2D eigenvalue weighted by atomic mass is 16.5. The Morgan fingerprint density at radius 3 is 3.00 bits per heavy atom. The van der Waals surface area contributed by atoms with Crippen molar-refractivity contribution in [2.45, 2.75) is 25.8 Å². The summed E-state index contributed by atoms with van der Waals surface area (Å²) in [5, 5.41) is 0. The maximum absolute atomic E-state index is 5.61. The van der Waals surface area contributed by atoms with Gasteiger partial charge in [0.1, 0.15) is 5.82 Å². The number of nitrogens with zero attached hydrogens (tertiary/aromatic N) is 1. The number of nitrogen functional groups attached to an aromatic ring is 1. The summed E-state index contributed by atoms with van der Waals surface area (Å²) in [6.45, 7) is 3.43. The van der Waals surface area contributed by atoms with E-state index in [9.17, 15) is 0 Å². The van der Waals surface area contributed by atoms with Crippen molar-refractivity contribution >= 4 is 5.82 Å². The van der Waals surface area contributed by atoms with Crippen molar-refractivity contribution in [2.24, 2.45) is 5.84 Å². The Morgan fingerprint density at radius 1 is 1.56 bits per heavy atom. The first-order valence-corrected chi connectivity index (χ1v) is 5.50. The lowest BCUT2D eigenvalue weighted by Gasteiger charge is -2.15. The van der Waals surface area contributed by atoms with Gasteiger partial charge in [0.05, 0.1) is 0 Å². The van der Waals surface area contributed by atoms with E-state index in [1.165, 1.54) is 0 Å². The molecule has 0 aromatic carbocycles. The van der Waals surface area contributed by atoms with Crippen LogP contribution in [0.2, 0.25) is 0 Å². The molecule has 1 atom stereocenters. The average molecular weight is 224 g/mol. The van der Waals surface area contributed by atoms with E-state index in [1.54, 1.807) is 6.20 Å². The van der Waals surface area contributed by atoms with E-state index >= 15 is 0 Å². The summed E-state index contributed by atoms with van der Waals surface area (Å²) < 4.78 is 5.29. The lowest BCUT2D eigenvalue weighted by molar-refractivity contribution is 0.136. The molecule has 5 heteroatoms. The fraction of sp³-hybridized carbons (Fsp3) is 0.545. The SMILES string of the molecule is CCOCCC(Cc1ccnc(N)c1)NN. The third-order valence-corrected chi connectivity index (χ3v) is 2.38. The first-order chi connectivity index (χ1) is 7.76. The zero-order chi connectivity index (χ0) is 11.8. The molecule has 0 radical (unpaired) electrons. The highest BCUT2D eigenvalue weighted by Gasteiger charge is 2.07. The van der Waals surface area contributed by atoms with Crippen molar-refractivity contribution in [2.75, 3.05) is 18.9 Å². The van der Waals surface area contributed by atoms with Gasteiger partial charge in [-0.2, -0.15) is 0 Å². The molecule has 0 spiro atoms.